The van der Waals surface area contributed by atoms with Gasteiger partial charge in [-0.25, -0.2) is 4.68 Å². The van der Waals surface area contributed by atoms with Crippen LogP contribution < -0.4 is 5.32 Å². The van der Waals surface area contributed by atoms with Gasteiger partial charge >= 0.3 is 0 Å². The van der Waals surface area contributed by atoms with Crippen molar-refractivity contribution in [2.24, 2.45) is 5.92 Å². The van der Waals surface area contributed by atoms with Crippen LogP contribution in [0.25, 0.3) is 0 Å². The molecule has 0 spiro atoms. The number of hydrogen-bond acceptors (Lipinski definition) is 3. The van der Waals surface area contributed by atoms with Crippen molar-refractivity contribution >= 4 is 11.7 Å². The van der Waals surface area contributed by atoms with Crippen molar-refractivity contribution in [2.45, 2.75) is 45.6 Å². The minimum Gasteiger partial charge on any atom is -0.381 e. The van der Waals surface area contributed by atoms with E-state index in [0.29, 0.717) is 19.8 Å². The largest absolute Gasteiger partial charge is 0.381 e. The molecule has 0 unspecified atom stereocenters. The first kappa shape index (κ1) is 17.7. The molecule has 5 nitrogen and oxygen atoms in total. The number of benzene rings is 1. The molecule has 134 valence electrons. The summed E-state index contributed by atoms with van der Waals surface area (Å²) in [6.45, 7) is 8.36. The molecule has 1 saturated heterocycles. The Hall–Kier alpha value is -2.14. The van der Waals surface area contributed by atoms with Gasteiger partial charge in [0.15, 0.2) is 0 Å². The van der Waals surface area contributed by atoms with Gasteiger partial charge in [-0.05, 0) is 18.4 Å². The van der Waals surface area contributed by atoms with E-state index in [0.717, 1.165) is 29.9 Å². The third-order valence-electron chi connectivity index (χ3n) is 4.57. The number of carbonyl (C=O) groups excluding carboxylic acids is 1. The summed E-state index contributed by atoms with van der Waals surface area (Å²) >= 11 is 0. The van der Waals surface area contributed by atoms with E-state index in [2.05, 4.69) is 38.2 Å². The first-order valence-corrected chi connectivity index (χ1v) is 8.94. The second kappa shape index (κ2) is 7.40. The number of amides is 1. The number of anilines is 1. The molecule has 25 heavy (non-hydrogen) atoms. The number of nitrogens with zero attached hydrogens (tertiary/aromatic N) is 2. The van der Waals surface area contributed by atoms with Crippen LogP contribution in [0, 0.1) is 5.92 Å². The van der Waals surface area contributed by atoms with E-state index < -0.39 is 0 Å². The maximum atomic E-state index is 12.6. The van der Waals surface area contributed by atoms with Crippen LogP contribution in [0.2, 0.25) is 0 Å². The van der Waals surface area contributed by atoms with Gasteiger partial charge in [-0.2, -0.15) is 5.10 Å². The van der Waals surface area contributed by atoms with Crippen LogP contribution in [-0.4, -0.2) is 28.9 Å². The summed E-state index contributed by atoms with van der Waals surface area (Å²) in [6.07, 6.45) is 1.57. The predicted molar refractivity (Wildman–Crippen MR) is 98.6 cm³/mol. The highest BCUT2D eigenvalue weighted by Crippen LogP contribution is 2.26. The summed E-state index contributed by atoms with van der Waals surface area (Å²) in [6, 6.07) is 12.2. The van der Waals surface area contributed by atoms with Crippen molar-refractivity contribution in [1.82, 2.24) is 9.78 Å². The smallest absolute Gasteiger partial charge is 0.228 e. The number of aromatic nitrogens is 2. The molecule has 1 fully saturated rings. The van der Waals surface area contributed by atoms with Gasteiger partial charge in [-0.15, -0.1) is 0 Å². The van der Waals surface area contributed by atoms with Crippen LogP contribution in [0.4, 0.5) is 5.82 Å². The molecule has 1 aromatic carbocycles. The number of rotatable bonds is 4. The van der Waals surface area contributed by atoms with Crippen molar-refractivity contribution in [3.05, 3.63) is 47.7 Å². The van der Waals surface area contributed by atoms with E-state index in [1.807, 2.05) is 28.9 Å². The Kier molecular flexibility index (Phi) is 5.23. The molecular weight excluding hydrogens is 314 g/mol. The fourth-order valence-electron chi connectivity index (χ4n) is 2.95. The van der Waals surface area contributed by atoms with Crippen molar-refractivity contribution in [3.8, 4) is 0 Å². The van der Waals surface area contributed by atoms with E-state index in [4.69, 9.17) is 9.84 Å². The minimum absolute atomic E-state index is 0.0203. The highest BCUT2D eigenvalue weighted by molar-refractivity contribution is 5.91. The van der Waals surface area contributed by atoms with Crippen LogP contribution in [0.1, 0.15) is 44.9 Å². The molecule has 1 aromatic heterocycles. The van der Waals surface area contributed by atoms with E-state index in [-0.39, 0.29) is 17.2 Å². The van der Waals surface area contributed by atoms with Crippen LogP contribution in [-0.2, 0) is 21.5 Å². The van der Waals surface area contributed by atoms with Crippen LogP contribution in [0.5, 0.6) is 0 Å². The standard InChI is InChI=1S/C20H27N3O2/c1-20(2,3)17-13-18(21-19(24)16-9-11-25-12-10-16)23(22-17)14-15-7-5-4-6-8-15/h4-8,13,16H,9-12,14H2,1-3H3,(H,21,24). The number of carbonyl (C=O) groups is 1. The summed E-state index contributed by atoms with van der Waals surface area (Å²) in [5.74, 6) is 0.857. The van der Waals surface area contributed by atoms with Gasteiger partial charge in [0.25, 0.3) is 0 Å². The second-order valence-corrected chi connectivity index (χ2v) is 7.68. The molecule has 0 radical (unpaired) electrons. The number of hydrogen-bond donors (Lipinski definition) is 1. The van der Waals surface area contributed by atoms with Crippen molar-refractivity contribution in [1.29, 1.82) is 0 Å². The highest BCUT2D eigenvalue weighted by atomic mass is 16.5. The molecule has 3 rings (SSSR count). The molecule has 1 aliphatic heterocycles. The van der Waals surface area contributed by atoms with E-state index in [1.54, 1.807) is 0 Å². The van der Waals surface area contributed by atoms with Gasteiger partial charge in [-0.1, -0.05) is 51.1 Å². The lowest BCUT2D eigenvalue weighted by Crippen LogP contribution is -2.29. The quantitative estimate of drug-likeness (QED) is 0.924. The Balaban J connectivity index is 1.82. The summed E-state index contributed by atoms with van der Waals surface area (Å²) in [5.41, 5.74) is 2.07. The first-order valence-electron chi connectivity index (χ1n) is 8.94. The van der Waals surface area contributed by atoms with Gasteiger partial charge in [0.2, 0.25) is 5.91 Å². The first-order chi connectivity index (χ1) is 11.9. The molecule has 0 atom stereocenters. The number of ether oxygens (including phenoxy) is 1. The average Bonchev–Trinajstić information content (AvgIpc) is 2.99. The Morgan fingerprint density at radius 2 is 1.92 bits per heavy atom. The highest BCUT2D eigenvalue weighted by Gasteiger charge is 2.25. The van der Waals surface area contributed by atoms with Crippen molar-refractivity contribution < 1.29 is 9.53 Å². The van der Waals surface area contributed by atoms with Gasteiger partial charge in [0.05, 0.1) is 12.2 Å². The molecule has 2 aromatic rings. The van der Waals surface area contributed by atoms with E-state index in [1.165, 1.54) is 0 Å². The third-order valence-corrected chi connectivity index (χ3v) is 4.57. The van der Waals surface area contributed by atoms with Gasteiger partial charge in [-0.3, -0.25) is 4.79 Å². The predicted octanol–water partition coefficient (Wildman–Crippen LogP) is 3.59. The fourth-order valence-corrected chi connectivity index (χ4v) is 2.95. The van der Waals surface area contributed by atoms with Crippen LogP contribution in [0.15, 0.2) is 36.4 Å². The molecular formula is C20H27N3O2. The zero-order chi connectivity index (χ0) is 17.9. The molecule has 5 heteroatoms. The SMILES string of the molecule is CC(C)(C)c1cc(NC(=O)C2CCOCC2)n(Cc2ccccc2)n1. The third kappa shape index (κ3) is 4.48. The Morgan fingerprint density at radius 3 is 2.56 bits per heavy atom. The van der Waals surface area contributed by atoms with E-state index >= 15 is 0 Å². The molecule has 1 N–H and O–H groups in total. The summed E-state index contributed by atoms with van der Waals surface area (Å²) < 4.78 is 7.25. The molecule has 2 heterocycles. The minimum atomic E-state index is -0.0694. The lowest BCUT2D eigenvalue weighted by Gasteiger charge is -2.21. The second-order valence-electron chi connectivity index (χ2n) is 7.68. The average molecular weight is 341 g/mol. The monoisotopic (exact) mass is 341 g/mol. The van der Waals surface area contributed by atoms with E-state index in [9.17, 15) is 4.79 Å². The molecule has 1 amide bonds. The summed E-state index contributed by atoms with van der Waals surface area (Å²) in [4.78, 5) is 12.6. The van der Waals surface area contributed by atoms with Gasteiger partial charge in [0, 0.05) is 30.6 Å². The maximum Gasteiger partial charge on any atom is 0.228 e. The van der Waals surface area contributed by atoms with Crippen LogP contribution in [0.3, 0.4) is 0 Å². The summed E-state index contributed by atoms with van der Waals surface area (Å²) in [5, 5.41) is 7.85. The topological polar surface area (TPSA) is 56.1 Å². The van der Waals surface area contributed by atoms with Gasteiger partial charge in [0.1, 0.15) is 5.82 Å². The normalized spacial score (nSPS) is 16.0. The zero-order valence-corrected chi connectivity index (χ0v) is 15.3. The van der Waals surface area contributed by atoms with Crippen molar-refractivity contribution in [3.63, 3.8) is 0 Å². The Labute approximate surface area is 149 Å². The molecule has 0 saturated carbocycles. The lowest BCUT2D eigenvalue weighted by atomic mass is 9.92. The maximum absolute atomic E-state index is 12.6. The molecule has 0 aliphatic carbocycles. The molecule has 0 bridgehead atoms. The number of nitrogens with one attached hydrogen (secondary N) is 1. The summed E-state index contributed by atoms with van der Waals surface area (Å²) in [7, 11) is 0. The molecule has 1 aliphatic rings. The lowest BCUT2D eigenvalue weighted by molar-refractivity contribution is -0.122. The van der Waals surface area contributed by atoms with Crippen molar-refractivity contribution in [2.75, 3.05) is 18.5 Å². The fraction of sp³-hybridized carbons (Fsp3) is 0.500. The van der Waals surface area contributed by atoms with Gasteiger partial charge < -0.3 is 10.1 Å². The zero-order valence-electron chi connectivity index (χ0n) is 15.3. The Morgan fingerprint density at radius 1 is 1.24 bits per heavy atom. The Bertz CT molecular complexity index is 710. The van der Waals surface area contributed by atoms with Crippen LogP contribution >= 0.6 is 0 Å².